The second-order valence-electron chi connectivity index (χ2n) is 3.53. The number of hydrogen-bond acceptors (Lipinski definition) is 2. The maximum Gasteiger partial charge on any atom is 0.460 e. The lowest BCUT2D eigenvalue weighted by Gasteiger charge is -2.17. The third-order valence-electron chi connectivity index (χ3n) is 0.952. The Morgan fingerprint density at radius 3 is 1.77 bits per heavy atom. The molecular weight excluding hydrogens is 203 g/mol. The van der Waals surface area contributed by atoms with Crippen LogP contribution in [-0.4, -0.2) is 26.1 Å². The first-order valence-corrected chi connectivity index (χ1v) is 6.98. The van der Waals surface area contributed by atoms with Gasteiger partial charge in [-0.2, -0.15) is 13.2 Å². The molecule has 0 aliphatic rings. The van der Waals surface area contributed by atoms with Gasteiger partial charge < -0.3 is 4.98 Å². The quantitative estimate of drug-likeness (QED) is 0.551. The van der Waals surface area contributed by atoms with Crippen molar-refractivity contribution in [2.24, 2.45) is 0 Å². The van der Waals surface area contributed by atoms with Gasteiger partial charge in [0.15, 0.2) is 0 Å². The lowest BCUT2D eigenvalue weighted by atomic mass is 10.4. The van der Waals surface area contributed by atoms with E-state index < -0.39 is 26.1 Å². The van der Waals surface area contributed by atoms with Gasteiger partial charge in [0.2, 0.25) is 0 Å². The summed E-state index contributed by atoms with van der Waals surface area (Å²) in [6.45, 7) is 4.86. The molecule has 0 aromatic rings. The Morgan fingerprint density at radius 2 is 1.54 bits per heavy atom. The summed E-state index contributed by atoms with van der Waals surface area (Å²) in [5.74, 6) is -3.90. The van der Waals surface area contributed by atoms with Crippen molar-refractivity contribution in [3.63, 3.8) is 0 Å². The van der Waals surface area contributed by atoms with Gasteiger partial charge in [-0.3, -0.25) is 9.59 Å². The number of carbonyl (C=O) groups excluding carboxylic acids is 2. The van der Waals surface area contributed by atoms with Crippen LogP contribution >= 0.6 is 0 Å². The third-order valence-corrected chi connectivity index (χ3v) is 1.93. The first-order valence-electron chi connectivity index (χ1n) is 3.48. The average Bonchev–Trinajstić information content (AvgIpc) is 1.79. The summed E-state index contributed by atoms with van der Waals surface area (Å²) in [6.07, 6.45) is -5.08. The predicted octanol–water partition coefficient (Wildman–Crippen LogP) is 1.07. The first-order chi connectivity index (χ1) is 5.54. The minimum absolute atomic E-state index is 1.56. The van der Waals surface area contributed by atoms with E-state index in [0.29, 0.717) is 0 Å². The maximum atomic E-state index is 11.7. The molecule has 0 saturated heterocycles. The zero-order chi connectivity index (χ0) is 10.9. The minimum atomic E-state index is -5.08. The summed E-state index contributed by atoms with van der Waals surface area (Å²) in [7, 11) is -2.18. The SMILES string of the molecule is C[Si](C)(C)NC(=O)C(=O)C(F)(F)F. The molecule has 0 rings (SSSR count). The van der Waals surface area contributed by atoms with Crippen LogP contribution in [0.15, 0.2) is 0 Å². The van der Waals surface area contributed by atoms with Crippen molar-refractivity contribution in [3.8, 4) is 0 Å². The number of nitrogens with one attached hydrogen (secondary N) is 1. The molecule has 0 unspecified atom stereocenters. The Morgan fingerprint density at radius 1 is 1.15 bits per heavy atom. The summed E-state index contributed by atoms with van der Waals surface area (Å²) >= 11 is 0. The van der Waals surface area contributed by atoms with E-state index in [-0.39, 0.29) is 0 Å². The number of halogens is 3. The summed E-state index contributed by atoms with van der Waals surface area (Å²) < 4.78 is 35.0. The van der Waals surface area contributed by atoms with Gasteiger partial charge in [0.05, 0.1) is 0 Å². The van der Waals surface area contributed by atoms with E-state index in [1.165, 1.54) is 0 Å². The summed E-state index contributed by atoms with van der Waals surface area (Å²) in [5, 5.41) is 0. The third kappa shape index (κ3) is 4.66. The number of ketones is 1. The Labute approximate surface area is 74.4 Å². The van der Waals surface area contributed by atoms with Crippen LogP contribution in [0.3, 0.4) is 0 Å². The van der Waals surface area contributed by atoms with Crippen LogP contribution in [0.1, 0.15) is 0 Å². The highest BCUT2D eigenvalue weighted by molar-refractivity contribution is 6.77. The standard InChI is InChI=1S/C6H10F3NO2Si/c1-13(2,3)10-5(12)4(11)6(7,8)9/h1-3H3,(H,10,12). The molecule has 1 N–H and O–H groups in total. The number of alkyl halides is 3. The zero-order valence-electron chi connectivity index (χ0n) is 7.45. The number of hydrogen-bond donors (Lipinski definition) is 1. The molecule has 0 saturated carbocycles. The van der Waals surface area contributed by atoms with E-state index >= 15 is 0 Å². The lowest BCUT2D eigenvalue weighted by molar-refractivity contribution is -0.174. The molecule has 0 aliphatic carbocycles. The molecule has 0 atom stereocenters. The zero-order valence-corrected chi connectivity index (χ0v) is 8.45. The molecule has 0 radical (unpaired) electrons. The Balaban J connectivity index is 4.40. The van der Waals surface area contributed by atoms with Gasteiger partial charge in [-0.15, -0.1) is 0 Å². The van der Waals surface area contributed by atoms with Crippen molar-refractivity contribution < 1.29 is 22.8 Å². The Bertz CT molecular complexity index is 231. The second-order valence-corrected chi connectivity index (χ2v) is 8.28. The molecule has 7 heteroatoms. The van der Waals surface area contributed by atoms with Gasteiger partial charge in [-0.1, -0.05) is 19.6 Å². The van der Waals surface area contributed by atoms with Crippen LogP contribution in [0.25, 0.3) is 0 Å². The van der Waals surface area contributed by atoms with Crippen LogP contribution in [0.4, 0.5) is 13.2 Å². The van der Waals surface area contributed by atoms with Crippen LogP contribution in [0.2, 0.25) is 19.6 Å². The normalized spacial score (nSPS) is 12.5. The van der Waals surface area contributed by atoms with E-state index in [1.54, 1.807) is 19.6 Å². The van der Waals surface area contributed by atoms with E-state index in [0.717, 1.165) is 0 Å². The molecule has 76 valence electrons. The number of rotatable bonds is 2. The average molecular weight is 213 g/mol. The number of carbonyl (C=O) groups is 2. The molecule has 0 spiro atoms. The van der Waals surface area contributed by atoms with E-state index in [1.807, 2.05) is 0 Å². The molecular formula is C6H10F3NO2Si. The monoisotopic (exact) mass is 213 g/mol. The maximum absolute atomic E-state index is 11.7. The largest absolute Gasteiger partial charge is 0.460 e. The van der Waals surface area contributed by atoms with Crippen LogP contribution < -0.4 is 4.98 Å². The highest BCUT2D eigenvalue weighted by atomic mass is 28.3. The first kappa shape index (κ1) is 12.1. The molecule has 1 amide bonds. The van der Waals surface area contributed by atoms with Crippen molar-refractivity contribution in [1.82, 2.24) is 4.98 Å². The number of Topliss-reactive ketones (excluding diaryl/α,β-unsaturated/α-hetero) is 1. The highest BCUT2D eigenvalue weighted by Crippen LogP contribution is 2.16. The molecule has 3 nitrogen and oxygen atoms in total. The van der Waals surface area contributed by atoms with Crippen LogP contribution in [0.5, 0.6) is 0 Å². The lowest BCUT2D eigenvalue weighted by Crippen LogP contribution is -2.51. The smallest absolute Gasteiger partial charge is 0.376 e. The van der Waals surface area contributed by atoms with Crippen molar-refractivity contribution in [3.05, 3.63) is 0 Å². The Hall–Kier alpha value is -0.853. The van der Waals surface area contributed by atoms with Gasteiger partial charge in [0.25, 0.3) is 5.91 Å². The van der Waals surface area contributed by atoms with E-state index in [2.05, 4.69) is 4.98 Å². The van der Waals surface area contributed by atoms with Crippen molar-refractivity contribution in [1.29, 1.82) is 0 Å². The second kappa shape index (κ2) is 3.49. The molecule has 0 aromatic heterocycles. The molecule has 0 fully saturated rings. The highest BCUT2D eigenvalue weighted by Gasteiger charge is 2.44. The van der Waals surface area contributed by atoms with Gasteiger partial charge in [0.1, 0.15) is 8.24 Å². The number of amides is 1. The van der Waals surface area contributed by atoms with Crippen molar-refractivity contribution in [2.75, 3.05) is 0 Å². The van der Waals surface area contributed by atoms with Crippen LogP contribution in [0, 0.1) is 0 Å². The molecule has 0 bridgehead atoms. The van der Waals surface area contributed by atoms with E-state index in [9.17, 15) is 22.8 Å². The van der Waals surface area contributed by atoms with E-state index in [4.69, 9.17) is 0 Å². The molecule has 13 heavy (non-hydrogen) atoms. The van der Waals surface area contributed by atoms with Crippen molar-refractivity contribution >= 4 is 19.9 Å². The van der Waals surface area contributed by atoms with Gasteiger partial charge in [-0.05, 0) is 0 Å². The van der Waals surface area contributed by atoms with Gasteiger partial charge in [-0.25, -0.2) is 0 Å². The van der Waals surface area contributed by atoms with Gasteiger partial charge >= 0.3 is 12.0 Å². The summed E-state index contributed by atoms with van der Waals surface area (Å²) in [6, 6.07) is 0. The topological polar surface area (TPSA) is 46.2 Å². The predicted molar refractivity (Wildman–Crippen MR) is 42.6 cm³/mol. The fourth-order valence-electron chi connectivity index (χ4n) is 0.526. The molecule has 0 aliphatic heterocycles. The summed E-state index contributed by atoms with van der Waals surface area (Å²) in [5.41, 5.74) is 0. The van der Waals surface area contributed by atoms with Gasteiger partial charge in [0, 0.05) is 0 Å². The summed E-state index contributed by atoms with van der Waals surface area (Å²) in [4.78, 5) is 23.0. The minimum Gasteiger partial charge on any atom is -0.376 e. The Kier molecular flexibility index (Phi) is 3.26. The fourth-order valence-corrected chi connectivity index (χ4v) is 1.32. The fraction of sp³-hybridized carbons (Fsp3) is 0.667. The molecule has 0 aromatic carbocycles. The van der Waals surface area contributed by atoms with Crippen molar-refractivity contribution in [2.45, 2.75) is 25.8 Å². The van der Waals surface area contributed by atoms with Crippen LogP contribution in [-0.2, 0) is 9.59 Å². The molecule has 0 heterocycles.